The lowest BCUT2D eigenvalue weighted by molar-refractivity contribution is -0.118. The quantitative estimate of drug-likeness (QED) is 0.864. The Bertz CT molecular complexity index is 593. The van der Waals surface area contributed by atoms with Crippen LogP contribution < -0.4 is 10.5 Å². The molecule has 2 aromatic rings. The standard InChI is InChI=1S/C15H17NO3/c1-10(17)12-7-6-11-4-2-3-5-13(11)15(12)19-9-8-14(16)18/h2-7,10,17H,8-9H2,1H3,(H2,16,18)/t10-/m1/s1. The van der Waals surface area contributed by atoms with E-state index in [1.54, 1.807) is 6.92 Å². The molecule has 0 aliphatic heterocycles. The third-order valence-electron chi connectivity index (χ3n) is 2.96. The summed E-state index contributed by atoms with van der Waals surface area (Å²) in [6.45, 7) is 1.90. The van der Waals surface area contributed by atoms with Crippen molar-refractivity contribution >= 4 is 16.7 Å². The number of ether oxygens (including phenoxy) is 1. The van der Waals surface area contributed by atoms with Gasteiger partial charge in [-0.3, -0.25) is 4.79 Å². The number of carbonyl (C=O) groups excluding carboxylic acids is 1. The van der Waals surface area contributed by atoms with Gasteiger partial charge in [-0.15, -0.1) is 0 Å². The van der Waals surface area contributed by atoms with Gasteiger partial charge >= 0.3 is 0 Å². The Morgan fingerprint density at radius 3 is 2.74 bits per heavy atom. The molecule has 0 heterocycles. The van der Waals surface area contributed by atoms with Gasteiger partial charge in [-0.1, -0.05) is 36.4 Å². The first-order valence-electron chi connectivity index (χ1n) is 6.20. The SMILES string of the molecule is C[C@@H](O)c1ccc2ccccc2c1OCCC(N)=O. The maximum absolute atomic E-state index is 10.8. The highest BCUT2D eigenvalue weighted by molar-refractivity contribution is 5.89. The van der Waals surface area contributed by atoms with Crippen LogP contribution >= 0.6 is 0 Å². The van der Waals surface area contributed by atoms with Crippen molar-refractivity contribution < 1.29 is 14.6 Å². The van der Waals surface area contributed by atoms with E-state index >= 15 is 0 Å². The van der Waals surface area contributed by atoms with Gasteiger partial charge in [0.25, 0.3) is 0 Å². The Hall–Kier alpha value is -2.07. The summed E-state index contributed by atoms with van der Waals surface area (Å²) in [6.07, 6.45) is -0.476. The molecule has 0 radical (unpaired) electrons. The van der Waals surface area contributed by atoms with E-state index in [2.05, 4.69) is 0 Å². The van der Waals surface area contributed by atoms with Crippen LogP contribution in [0.1, 0.15) is 25.0 Å². The molecular formula is C15H17NO3. The Balaban J connectivity index is 2.40. The summed E-state index contributed by atoms with van der Waals surface area (Å²) in [5, 5.41) is 11.8. The molecule has 0 bridgehead atoms. The number of primary amides is 1. The van der Waals surface area contributed by atoms with Gasteiger partial charge in [-0.25, -0.2) is 0 Å². The van der Waals surface area contributed by atoms with E-state index < -0.39 is 12.0 Å². The number of hydrogen-bond donors (Lipinski definition) is 2. The molecule has 19 heavy (non-hydrogen) atoms. The molecule has 4 heteroatoms. The summed E-state index contributed by atoms with van der Waals surface area (Å²) in [7, 11) is 0. The molecule has 4 nitrogen and oxygen atoms in total. The zero-order valence-electron chi connectivity index (χ0n) is 10.8. The molecule has 1 atom stereocenters. The van der Waals surface area contributed by atoms with Gasteiger partial charge in [0, 0.05) is 10.9 Å². The fourth-order valence-electron chi connectivity index (χ4n) is 2.00. The number of aliphatic hydroxyl groups is 1. The molecule has 0 saturated carbocycles. The van der Waals surface area contributed by atoms with Crippen LogP contribution in [0.5, 0.6) is 5.75 Å². The van der Waals surface area contributed by atoms with Crippen LogP contribution in [-0.2, 0) is 4.79 Å². The monoisotopic (exact) mass is 259 g/mol. The number of hydrogen-bond acceptors (Lipinski definition) is 3. The van der Waals surface area contributed by atoms with E-state index in [0.717, 1.165) is 10.8 Å². The van der Waals surface area contributed by atoms with Gasteiger partial charge in [0.15, 0.2) is 0 Å². The van der Waals surface area contributed by atoms with Crippen molar-refractivity contribution in [3.63, 3.8) is 0 Å². The molecule has 0 aliphatic carbocycles. The van der Waals surface area contributed by atoms with Crippen LogP contribution in [-0.4, -0.2) is 17.6 Å². The molecular weight excluding hydrogens is 242 g/mol. The zero-order chi connectivity index (χ0) is 13.8. The fourth-order valence-corrected chi connectivity index (χ4v) is 2.00. The lowest BCUT2D eigenvalue weighted by Crippen LogP contribution is -2.15. The number of amides is 1. The van der Waals surface area contributed by atoms with E-state index in [1.807, 2.05) is 36.4 Å². The van der Waals surface area contributed by atoms with Gasteiger partial charge in [-0.2, -0.15) is 0 Å². The molecule has 0 fully saturated rings. The summed E-state index contributed by atoms with van der Waals surface area (Å²) in [6, 6.07) is 11.5. The maximum atomic E-state index is 10.8. The molecule has 0 spiro atoms. The van der Waals surface area contributed by atoms with Crippen LogP contribution in [0, 0.1) is 0 Å². The minimum atomic E-state index is -0.631. The molecule has 100 valence electrons. The van der Waals surface area contributed by atoms with E-state index in [9.17, 15) is 9.90 Å². The van der Waals surface area contributed by atoms with Gasteiger partial charge < -0.3 is 15.6 Å². The van der Waals surface area contributed by atoms with Crippen molar-refractivity contribution in [2.75, 3.05) is 6.61 Å². The minimum Gasteiger partial charge on any atom is -0.492 e. The highest BCUT2D eigenvalue weighted by atomic mass is 16.5. The second kappa shape index (κ2) is 5.71. The second-order valence-electron chi connectivity index (χ2n) is 4.45. The average Bonchev–Trinajstić information content (AvgIpc) is 2.38. The first-order chi connectivity index (χ1) is 9.09. The van der Waals surface area contributed by atoms with Crippen molar-refractivity contribution in [3.8, 4) is 5.75 Å². The molecule has 1 amide bonds. The molecule has 0 aromatic heterocycles. The normalized spacial score (nSPS) is 12.3. The number of fused-ring (bicyclic) bond motifs is 1. The number of carbonyl (C=O) groups is 1. The van der Waals surface area contributed by atoms with Crippen LogP contribution in [0.15, 0.2) is 36.4 Å². The third-order valence-corrected chi connectivity index (χ3v) is 2.96. The summed E-state index contributed by atoms with van der Waals surface area (Å²) >= 11 is 0. The van der Waals surface area contributed by atoms with E-state index in [1.165, 1.54) is 0 Å². The van der Waals surface area contributed by atoms with E-state index in [4.69, 9.17) is 10.5 Å². The zero-order valence-corrected chi connectivity index (χ0v) is 10.8. The summed E-state index contributed by atoms with van der Waals surface area (Å²) in [4.78, 5) is 10.8. The van der Waals surface area contributed by atoms with Crippen LogP contribution in [0.25, 0.3) is 10.8 Å². The Morgan fingerprint density at radius 1 is 1.32 bits per heavy atom. The molecule has 0 aliphatic rings. The Labute approximate surface area is 111 Å². The van der Waals surface area contributed by atoms with Crippen molar-refractivity contribution in [2.24, 2.45) is 5.73 Å². The molecule has 0 saturated heterocycles. The van der Waals surface area contributed by atoms with Crippen LogP contribution in [0.3, 0.4) is 0 Å². The minimum absolute atomic E-state index is 0.155. The number of nitrogens with two attached hydrogens (primary N) is 1. The highest BCUT2D eigenvalue weighted by Gasteiger charge is 2.13. The summed E-state index contributed by atoms with van der Waals surface area (Å²) in [5.41, 5.74) is 5.81. The number of rotatable bonds is 5. The highest BCUT2D eigenvalue weighted by Crippen LogP contribution is 2.33. The topological polar surface area (TPSA) is 72.6 Å². The number of benzene rings is 2. The third kappa shape index (κ3) is 3.03. The lowest BCUT2D eigenvalue weighted by atomic mass is 10.0. The molecule has 2 aromatic carbocycles. The van der Waals surface area contributed by atoms with E-state index in [-0.39, 0.29) is 13.0 Å². The largest absolute Gasteiger partial charge is 0.492 e. The van der Waals surface area contributed by atoms with Gasteiger partial charge in [0.2, 0.25) is 5.91 Å². The van der Waals surface area contributed by atoms with Crippen LogP contribution in [0.4, 0.5) is 0 Å². The average molecular weight is 259 g/mol. The van der Waals surface area contributed by atoms with Gasteiger partial charge in [0.05, 0.1) is 19.1 Å². The molecule has 0 unspecified atom stereocenters. The first-order valence-corrected chi connectivity index (χ1v) is 6.20. The second-order valence-corrected chi connectivity index (χ2v) is 4.45. The van der Waals surface area contributed by atoms with Crippen molar-refractivity contribution in [2.45, 2.75) is 19.4 Å². The number of aliphatic hydroxyl groups excluding tert-OH is 1. The maximum Gasteiger partial charge on any atom is 0.220 e. The Morgan fingerprint density at radius 2 is 2.05 bits per heavy atom. The van der Waals surface area contributed by atoms with E-state index in [0.29, 0.717) is 11.3 Å². The lowest BCUT2D eigenvalue weighted by Gasteiger charge is -2.15. The van der Waals surface area contributed by atoms with Crippen LogP contribution in [0.2, 0.25) is 0 Å². The van der Waals surface area contributed by atoms with Gasteiger partial charge in [-0.05, 0) is 12.3 Å². The summed E-state index contributed by atoms with van der Waals surface area (Å²) < 4.78 is 5.66. The Kier molecular flexibility index (Phi) is 4.02. The predicted octanol–water partition coefficient (Wildman–Crippen LogP) is 2.15. The first kappa shape index (κ1) is 13.4. The molecule has 3 N–H and O–H groups in total. The molecule has 2 rings (SSSR count). The predicted molar refractivity (Wildman–Crippen MR) is 73.9 cm³/mol. The van der Waals surface area contributed by atoms with Crippen molar-refractivity contribution in [1.82, 2.24) is 0 Å². The fraction of sp³-hybridized carbons (Fsp3) is 0.267. The summed E-state index contributed by atoms with van der Waals surface area (Å²) in [5.74, 6) is 0.216. The van der Waals surface area contributed by atoms with Crippen molar-refractivity contribution in [3.05, 3.63) is 42.0 Å². The van der Waals surface area contributed by atoms with Crippen molar-refractivity contribution in [1.29, 1.82) is 0 Å². The van der Waals surface area contributed by atoms with Gasteiger partial charge in [0.1, 0.15) is 5.75 Å². The smallest absolute Gasteiger partial charge is 0.220 e.